The van der Waals surface area contributed by atoms with Crippen molar-refractivity contribution in [2.75, 3.05) is 13.2 Å². The van der Waals surface area contributed by atoms with Gasteiger partial charge in [0, 0.05) is 5.41 Å². The van der Waals surface area contributed by atoms with Crippen molar-refractivity contribution in [1.29, 1.82) is 0 Å². The van der Waals surface area contributed by atoms with Gasteiger partial charge in [-0.2, -0.15) is 0 Å². The van der Waals surface area contributed by atoms with Crippen LogP contribution in [0.15, 0.2) is 0 Å². The number of rotatable bonds is 2. The molecule has 8 heteroatoms. The van der Waals surface area contributed by atoms with Gasteiger partial charge >= 0.3 is 16.4 Å². The summed E-state index contributed by atoms with van der Waals surface area (Å²) in [5, 5.41) is 0. The summed E-state index contributed by atoms with van der Waals surface area (Å²) in [4.78, 5) is 16.9. The van der Waals surface area contributed by atoms with Crippen molar-refractivity contribution in [2.45, 2.75) is 13.8 Å². The third-order valence-corrected chi connectivity index (χ3v) is 3.67. The lowest BCUT2D eigenvalue weighted by Gasteiger charge is -2.32. The number of hydrogen-bond acceptors (Lipinski definition) is 6. The maximum absolute atomic E-state index is 11.4. The van der Waals surface area contributed by atoms with E-state index in [0.717, 1.165) is 0 Å². The highest BCUT2D eigenvalue weighted by atomic mass is 31.3. The standard InChI is InChI=1S/C5H12O6P2/c1-5(2)3-9-13(8,10-4-5)11-12(6)7/h6-7H,3-4H2,1-2H3. The van der Waals surface area contributed by atoms with E-state index < -0.39 is 16.4 Å². The first-order valence-electron chi connectivity index (χ1n) is 3.60. The maximum Gasteiger partial charge on any atom is 0.481 e. The molecule has 0 aliphatic carbocycles. The molecule has 6 nitrogen and oxygen atoms in total. The summed E-state index contributed by atoms with van der Waals surface area (Å²) in [6, 6.07) is 0. The fourth-order valence-corrected chi connectivity index (χ4v) is 2.91. The zero-order valence-electron chi connectivity index (χ0n) is 7.34. The summed E-state index contributed by atoms with van der Waals surface area (Å²) >= 11 is 0. The van der Waals surface area contributed by atoms with Crippen molar-refractivity contribution in [2.24, 2.45) is 5.41 Å². The second-order valence-electron chi connectivity index (χ2n) is 3.49. The molecule has 2 N–H and O–H groups in total. The highest BCUT2D eigenvalue weighted by Crippen LogP contribution is 2.60. The van der Waals surface area contributed by atoms with Crippen LogP contribution in [-0.2, 0) is 17.9 Å². The van der Waals surface area contributed by atoms with Crippen LogP contribution in [0.3, 0.4) is 0 Å². The van der Waals surface area contributed by atoms with Crippen molar-refractivity contribution in [3.8, 4) is 0 Å². The summed E-state index contributed by atoms with van der Waals surface area (Å²) in [5.74, 6) is 0. The summed E-state index contributed by atoms with van der Waals surface area (Å²) in [5.41, 5.74) is -0.231. The van der Waals surface area contributed by atoms with Gasteiger partial charge in [0.25, 0.3) is 0 Å². The summed E-state index contributed by atoms with van der Waals surface area (Å²) in [6.45, 7) is 4.15. The van der Waals surface area contributed by atoms with Crippen LogP contribution in [0.4, 0.5) is 0 Å². The van der Waals surface area contributed by atoms with Gasteiger partial charge in [0.2, 0.25) is 0 Å². The predicted molar refractivity (Wildman–Crippen MR) is 45.7 cm³/mol. The van der Waals surface area contributed by atoms with E-state index in [-0.39, 0.29) is 18.6 Å². The Bertz CT molecular complexity index is 213. The SMILES string of the molecule is CC1(C)COP(=O)(OP(O)O)OC1. The predicted octanol–water partition coefficient (Wildman–Crippen LogP) is 1.40. The molecule has 0 bridgehead atoms. The minimum absolute atomic E-state index is 0.202. The van der Waals surface area contributed by atoms with Gasteiger partial charge in [-0.3, -0.25) is 9.05 Å². The number of phosphoric acid groups is 1. The average Bonchev–Trinajstić information content (AvgIpc) is 1.95. The Kier molecular flexibility index (Phi) is 3.47. The summed E-state index contributed by atoms with van der Waals surface area (Å²) in [7, 11) is -6.44. The Morgan fingerprint density at radius 1 is 1.38 bits per heavy atom. The molecule has 1 heterocycles. The van der Waals surface area contributed by atoms with Gasteiger partial charge in [-0.15, -0.1) is 0 Å². The molecule has 0 spiro atoms. The van der Waals surface area contributed by atoms with Crippen molar-refractivity contribution < 1.29 is 27.7 Å². The first-order chi connectivity index (χ1) is 5.83. The minimum Gasteiger partial charge on any atom is -0.328 e. The minimum atomic E-state index is -3.72. The smallest absolute Gasteiger partial charge is 0.328 e. The molecular weight excluding hydrogens is 218 g/mol. The number of hydrogen-bond donors (Lipinski definition) is 2. The molecule has 0 unspecified atom stereocenters. The van der Waals surface area contributed by atoms with Crippen molar-refractivity contribution in [1.82, 2.24) is 0 Å². The van der Waals surface area contributed by atoms with Crippen LogP contribution in [0.2, 0.25) is 0 Å². The zero-order chi connectivity index (χ0) is 10.1. The molecule has 0 amide bonds. The van der Waals surface area contributed by atoms with Gasteiger partial charge in [-0.05, 0) is 0 Å². The van der Waals surface area contributed by atoms with Crippen LogP contribution in [0.5, 0.6) is 0 Å². The lowest BCUT2D eigenvalue weighted by atomic mass is 9.97. The van der Waals surface area contributed by atoms with Crippen molar-refractivity contribution in [3.63, 3.8) is 0 Å². The molecule has 1 fully saturated rings. The molecule has 0 radical (unpaired) electrons. The maximum atomic E-state index is 11.4. The lowest BCUT2D eigenvalue weighted by Crippen LogP contribution is -2.29. The quantitative estimate of drug-likeness (QED) is 0.697. The molecule has 1 saturated heterocycles. The average molecular weight is 230 g/mol. The summed E-state index contributed by atoms with van der Waals surface area (Å²) < 4.78 is 25.2. The van der Waals surface area contributed by atoms with E-state index in [1.165, 1.54) is 0 Å². The molecule has 1 aliphatic rings. The van der Waals surface area contributed by atoms with Gasteiger partial charge in [0.1, 0.15) is 0 Å². The normalized spacial score (nSPS) is 26.2. The van der Waals surface area contributed by atoms with E-state index in [1.54, 1.807) is 0 Å². The first-order valence-corrected chi connectivity index (χ1v) is 6.22. The van der Waals surface area contributed by atoms with E-state index >= 15 is 0 Å². The third-order valence-electron chi connectivity index (χ3n) is 1.40. The second-order valence-corrected chi connectivity index (χ2v) is 6.06. The molecule has 1 aliphatic heterocycles. The fraction of sp³-hybridized carbons (Fsp3) is 1.00. The number of phosphoric ester groups is 1. The molecule has 0 aromatic heterocycles. The molecule has 0 aromatic carbocycles. The third kappa shape index (κ3) is 3.60. The van der Waals surface area contributed by atoms with Crippen LogP contribution >= 0.6 is 16.4 Å². The monoisotopic (exact) mass is 230 g/mol. The molecular formula is C5H12O6P2. The van der Waals surface area contributed by atoms with Crippen LogP contribution in [-0.4, -0.2) is 23.0 Å². The Morgan fingerprint density at radius 2 is 1.85 bits per heavy atom. The highest BCUT2D eigenvalue weighted by molar-refractivity contribution is 7.58. The Hall–Kier alpha value is 0.460. The molecule has 0 atom stereocenters. The highest BCUT2D eigenvalue weighted by Gasteiger charge is 2.39. The van der Waals surface area contributed by atoms with E-state index in [1.807, 2.05) is 13.8 Å². The molecule has 78 valence electrons. The molecule has 0 saturated carbocycles. The van der Waals surface area contributed by atoms with Crippen molar-refractivity contribution in [3.05, 3.63) is 0 Å². The van der Waals surface area contributed by atoms with Gasteiger partial charge in [0.05, 0.1) is 13.2 Å². The van der Waals surface area contributed by atoms with Gasteiger partial charge < -0.3 is 9.79 Å². The zero-order valence-corrected chi connectivity index (χ0v) is 9.12. The summed E-state index contributed by atoms with van der Waals surface area (Å²) in [6.07, 6.45) is 0. The topological polar surface area (TPSA) is 85.2 Å². The molecule has 0 aromatic rings. The Balaban J connectivity index is 2.52. The van der Waals surface area contributed by atoms with Crippen LogP contribution in [0.25, 0.3) is 0 Å². The van der Waals surface area contributed by atoms with Gasteiger partial charge in [-0.1, -0.05) is 13.8 Å². The van der Waals surface area contributed by atoms with Crippen molar-refractivity contribution >= 4 is 16.4 Å². The van der Waals surface area contributed by atoms with E-state index in [4.69, 9.17) is 18.8 Å². The largest absolute Gasteiger partial charge is 0.481 e. The second kappa shape index (κ2) is 3.91. The van der Waals surface area contributed by atoms with Crippen LogP contribution < -0.4 is 0 Å². The fourth-order valence-electron chi connectivity index (χ4n) is 0.723. The van der Waals surface area contributed by atoms with E-state index in [9.17, 15) is 4.57 Å². The molecule has 13 heavy (non-hydrogen) atoms. The van der Waals surface area contributed by atoms with E-state index in [2.05, 4.69) is 4.31 Å². The lowest BCUT2D eigenvalue weighted by molar-refractivity contribution is 0.0168. The Labute approximate surface area is 77.4 Å². The van der Waals surface area contributed by atoms with E-state index in [0.29, 0.717) is 0 Å². The van der Waals surface area contributed by atoms with Gasteiger partial charge in [-0.25, -0.2) is 8.88 Å². The van der Waals surface area contributed by atoms with Crippen LogP contribution in [0, 0.1) is 5.41 Å². The van der Waals surface area contributed by atoms with Gasteiger partial charge in [0.15, 0.2) is 0 Å². The Morgan fingerprint density at radius 3 is 2.23 bits per heavy atom. The molecule has 1 rings (SSSR count). The van der Waals surface area contributed by atoms with Crippen LogP contribution in [0.1, 0.15) is 13.8 Å². The first kappa shape index (κ1) is 11.5.